The minimum atomic E-state index is -2.01. The lowest BCUT2D eigenvalue weighted by Crippen LogP contribution is -2.69. The van der Waals surface area contributed by atoms with Gasteiger partial charge in [-0.15, -0.1) is 0 Å². The Morgan fingerprint density at radius 2 is 1.69 bits per heavy atom. The SMILES string of the molecule is CCC1(CC)C(NC(=O)Nc2ccccc2F)C2C(C(=O)O)C2C1(NC(=O)OC(C)(C)C)C(=O)O. The molecule has 192 valence electrons. The van der Waals surface area contributed by atoms with Crippen LogP contribution in [0.1, 0.15) is 47.5 Å². The Bertz CT molecular complexity index is 1040. The molecule has 0 saturated heterocycles. The molecule has 1 aromatic carbocycles. The predicted octanol–water partition coefficient (Wildman–Crippen LogP) is 3.43. The van der Waals surface area contributed by atoms with Crippen molar-refractivity contribution in [3.05, 3.63) is 30.1 Å². The van der Waals surface area contributed by atoms with Gasteiger partial charge in [-0.3, -0.25) is 4.79 Å². The molecule has 0 aromatic heterocycles. The maximum absolute atomic E-state index is 14.0. The number of nitrogens with one attached hydrogen (secondary N) is 3. The van der Waals surface area contributed by atoms with Gasteiger partial charge >= 0.3 is 24.1 Å². The molecule has 2 fully saturated rings. The highest BCUT2D eigenvalue weighted by molar-refractivity contribution is 5.93. The number of fused-ring (bicyclic) bond motifs is 1. The third-order valence-corrected chi connectivity index (χ3v) is 7.33. The Hall–Kier alpha value is -3.37. The number of hydrogen-bond donors (Lipinski definition) is 5. The van der Waals surface area contributed by atoms with Crippen molar-refractivity contribution in [1.29, 1.82) is 0 Å². The molecule has 0 bridgehead atoms. The molecule has 0 radical (unpaired) electrons. The summed E-state index contributed by atoms with van der Waals surface area (Å²) in [6.45, 7) is 8.32. The molecule has 10 nitrogen and oxygen atoms in total. The van der Waals surface area contributed by atoms with E-state index in [4.69, 9.17) is 4.74 Å². The van der Waals surface area contributed by atoms with Gasteiger partial charge in [-0.05, 0) is 51.7 Å². The fourth-order valence-corrected chi connectivity index (χ4v) is 6.00. The third kappa shape index (κ3) is 4.28. The van der Waals surface area contributed by atoms with E-state index in [1.54, 1.807) is 34.6 Å². The van der Waals surface area contributed by atoms with E-state index in [1.807, 2.05) is 0 Å². The molecule has 5 atom stereocenters. The van der Waals surface area contributed by atoms with Crippen molar-refractivity contribution < 1.29 is 38.5 Å². The van der Waals surface area contributed by atoms with Gasteiger partial charge in [-0.2, -0.15) is 0 Å². The zero-order chi connectivity index (χ0) is 26.3. The van der Waals surface area contributed by atoms with Crippen molar-refractivity contribution in [1.82, 2.24) is 10.6 Å². The van der Waals surface area contributed by atoms with E-state index in [-0.39, 0.29) is 18.5 Å². The van der Waals surface area contributed by atoms with Gasteiger partial charge < -0.3 is 30.9 Å². The molecule has 0 spiro atoms. The molecule has 3 amide bonds. The number of hydrogen-bond acceptors (Lipinski definition) is 5. The minimum absolute atomic E-state index is 0.0832. The summed E-state index contributed by atoms with van der Waals surface area (Å²) in [6, 6.07) is 3.80. The maximum atomic E-state index is 14.0. The Kier molecular flexibility index (Phi) is 6.75. The van der Waals surface area contributed by atoms with E-state index in [0.717, 1.165) is 0 Å². The number of ether oxygens (including phenoxy) is 1. The summed E-state index contributed by atoms with van der Waals surface area (Å²) >= 11 is 0. The number of aliphatic carboxylic acids is 2. The summed E-state index contributed by atoms with van der Waals surface area (Å²) in [6.07, 6.45) is -0.581. The molecule has 5 unspecified atom stereocenters. The first-order valence-corrected chi connectivity index (χ1v) is 11.5. The molecule has 3 rings (SSSR count). The van der Waals surface area contributed by atoms with Crippen molar-refractivity contribution in [3.63, 3.8) is 0 Å². The molecule has 1 aromatic rings. The fraction of sp³-hybridized carbons (Fsp3) is 0.583. The van der Waals surface area contributed by atoms with Crippen LogP contribution >= 0.6 is 0 Å². The van der Waals surface area contributed by atoms with E-state index in [1.165, 1.54) is 24.3 Å². The summed E-state index contributed by atoms with van der Waals surface area (Å²) in [4.78, 5) is 50.6. The number of amides is 3. The van der Waals surface area contributed by atoms with Crippen LogP contribution in [0.3, 0.4) is 0 Å². The standard InChI is InChI=1S/C24H32FN3O7/c1-6-23(7-2)17(27-20(33)26-13-11-9-8-10-12(13)25)14-15(18(29)30)16(14)24(23,19(31)32)28-21(34)35-22(3,4)5/h8-11,14-17H,6-7H2,1-5H3,(H,28,34)(H,29,30)(H,31,32)(H2,26,27,33). The Labute approximate surface area is 202 Å². The molecule has 0 heterocycles. The van der Waals surface area contributed by atoms with E-state index < -0.39 is 70.2 Å². The second kappa shape index (κ2) is 9.01. The summed E-state index contributed by atoms with van der Waals surface area (Å²) in [5.41, 5.74) is -4.26. The Balaban J connectivity index is 2.03. The first-order valence-electron chi connectivity index (χ1n) is 11.5. The number of halogens is 1. The van der Waals surface area contributed by atoms with Gasteiger partial charge in [-0.1, -0.05) is 26.0 Å². The van der Waals surface area contributed by atoms with Crippen LogP contribution < -0.4 is 16.0 Å². The van der Waals surface area contributed by atoms with Crippen molar-refractivity contribution >= 4 is 29.8 Å². The normalized spacial score (nSPS) is 28.4. The van der Waals surface area contributed by atoms with Crippen LogP contribution in [-0.2, 0) is 14.3 Å². The number of urea groups is 1. The lowest BCUT2D eigenvalue weighted by molar-refractivity contribution is -0.155. The summed E-state index contributed by atoms with van der Waals surface area (Å²) in [5.74, 6) is -6.13. The van der Waals surface area contributed by atoms with E-state index >= 15 is 0 Å². The third-order valence-electron chi connectivity index (χ3n) is 7.33. The molecule has 2 aliphatic rings. The van der Waals surface area contributed by atoms with Gasteiger partial charge in [0.15, 0.2) is 5.54 Å². The highest BCUT2D eigenvalue weighted by atomic mass is 19.1. The molecular formula is C24H32FN3O7. The van der Waals surface area contributed by atoms with Crippen LogP contribution in [0.25, 0.3) is 0 Å². The number of alkyl carbamates (subject to hydrolysis) is 1. The molecule has 11 heteroatoms. The Morgan fingerprint density at radius 3 is 2.17 bits per heavy atom. The van der Waals surface area contributed by atoms with Gasteiger partial charge in [0.25, 0.3) is 0 Å². The average molecular weight is 494 g/mol. The number of carboxylic acids is 2. The van der Waals surface area contributed by atoms with Crippen molar-refractivity contribution in [2.24, 2.45) is 23.2 Å². The van der Waals surface area contributed by atoms with Crippen LogP contribution in [0.2, 0.25) is 0 Å². The number of carbonyl (C=O) groups is 4. The quantitative estimate of drug-likeness (QED) is 0.390. The second-order valence-corrected chi connectivity index (χ2v) is 10.1. The molecule has 0 aliphatic heterocycles. The number of anilines is 1. The summed E-state index contributed by atoms with van der Waals surface area (Å²) < 4.78 is 19.4. The molecule has 2 saturated carbocycles. The van der Waals surface area contributed by atoms with Crippen LogP contribution in [-0.4, -0.2) is 51.5 Å². The van der Waals surface area contributed by atoms with Gasteiger partial charge in [0.2, 0.25) is 0 Å². The second-order valence-electron chi connectivity index (χ2n) is 10.1. The Morgan fingerprint density at radius 1 is 1.09 bits per heavy atom. The summed E-state index contributed by atoms with van der Waals surface area (Å²) in [5, 5.41) is 28.0. The number of carboxylic acid groups (broad SMARTS) is 2. The number of carbonyl (C=O) groups excluding carboxylic acids is 2. The van der Waals surface area contributed by atoms with Gasteiger partial charge in [0.1, 0.15) is 11.4 Å². The number of para-hydroxylation sites is 1. The lowest BCUT2D eigenvalue weighted by atomic mass is 9.62. The van der Waals surface area contributed by atoms with Gasteiger partial charge in [0, 0.05) is 17.4 Å². The van der Waals surface area contributed by atoms with Crippen LogP contribution in [0.4, 0.5) is 19.7 Å². The van der Waals surface area contributed by atoms with Crippen LogP contribution in [0.15, 0.2) is 24.3 Å². The minimum Gasteiger partial charge on any atom is -0.481 e. The van der Waals surface area contributed by atoms with Crippen molar-refractivity contribution in [3.8, 4) is 0 Å². The average Bonchev–Trinajstić information content (AvgIpc) is 3.44. The highest BCUT2D eigenvalue weighted by Crippen LogP contribution is 2.71. The zero-order valence-corrected chi connectivity index (χ0v) is 20.3. The first-order chi connectivity index (χ1) is 16.3. The molecular weight excluding hydrogens is 461 g/mol. The topological polar surface area (TPSA) is 154 Å². The molecule has 5 N–H and O–H groups in total. The van der Waals surface area contributed by atoms with E-state index in [9.17, 15) is 33.8 Å². The van der Waals surface area contributed by atoms with Crippen molar-refractivity contribution in [2.45, 2.75) is 64.6 Å². The molecule has 35 heavy (non-hydrogen) atoms. The first kappa shape index (κ1) is 26.2. The largest absolute Gasteiger partial charge is 0.481 e. The van der Waals surface area contributed by atoms with Gasteiger partial charge in [-0.25, -0.2) is 18.8 Å². The van der Waals surface area contributed by atoms with Gasteiger partial charge in [0.05, 0.1) is 11.6 Å². The van der Waals surface area contributed by atoms with Crippen molar-refractivity contribution in [2.75, 3.05) is 5.32 Å². The maximum Gasteiger partial charge on any atom is 0.408 e. The van der Waals surface area contributed by atoms with Crippen LogP contribution in [0, 0.1) is 29.0 Å². The smallest absolute Gasteiger partial charge is 0.408 e. The molecule has 2 aliphatic carbocycles. The monoisotopic (exact) mass is 493 g/mol. The van der Waals surface area contributed by atoms with E-state index in [2.05, 4.69) is 16.0 Å². The zero-order valence-electron chi connectivity index (χ0n) is 20.3. The van der Waals surface area contributed by atoms with E-state index in [0.29, 0.717) is 0 Å². The number of benzene rings is 1. The summed E-state index contributed by atoms with van der Waals surface area (Å²) in [7, 11) is 0. The predicted molar refractivity (Wildman–Crippen MR) is 123 cm³/mol. The van der Waals surface area contributed by atoms with Crippen LogP contribution in [0.5, 0.6) is 0 Å². The lowest BCUT2D eigenvalue weighted by Gasteiger charge is -2.48. The number of rotatable bonds is 7. The fourth-order valence-electron chi connectivity index (χ4n) is 6.00. The highest BCUT2D eigenvalue weighted by Gasteiger charge is 2.84.